The first-order valence-corrected chi connectivity index (χ1v) is 18.7. The van der Waals surface area contributed by atoms with Crippen molar-refractivity contribution in [1.29, 1.82) is 0 Å². The molecule has 12 rings (SSSR count). The summed E-state index contributed by atoms with van der Waals surface area (Å²) in [4.78, 5) is 25.1. The molecular formula is C49H27N5O3. The maximum Gasteiger partial charge on any atom is 0.180 e. The predicted molar refractivity (Wildman–Crippen MR) is 224 cm³/mol. The van der Waals surface area contributed by atoms with Gasteiger partial charge < -0.3 is 13.3 Å². The Morgan fingerprint density at radius 3 is 1.44 bits per heavy atom. The summed E-state index contributed by atoms with van der Waals surface area (Å²) in [5.41, 5.74) is 10.4. The highest BCUT2D eigenvalue weighted by Crippen LogP contribution is 2.38. The zero-order valence-corrected chi connectivity index (χ0v) is 30.0. The first kappa shape index (κ1) is 31.4. The second-order valence-corrected chi connectivity index (χ2v) is 14.0. The minimum Gasteiger partial charge on any atom is -0.456 e. The highest BCUT2D eigenvalue weighted by molar-refractivity contribution is 6.09. The molecule has 0 amide bonds. The van der Waals surface area contributed by atoms with Gasteiger partial charge in [-0.15, -0.1) is 0 Å². The third kappa shape index (κ3) is 5.12. The molecule has 0 radical (unpaired) electrons. The fourth-order valence-corrected chi connectivity index (χ4v) is 7.78. The Morgan fingerprint density at radius 1 is 0.281 bits per heavy atom. The van der Waals surface area contributed by atoms with E-state index in [1.54, 1.807) is 0 Å². The normalized spacial score (nSPS) is 11.9. The van der Waals surface area contributed by atoms with Crippen LogP contribution in [0.25, 0.3) is 123 Å². The lowest BCUT2D eigenvalue weighted by Gasteiger charge is -2.08. The van der Waals surface area contributed by atoms with Crippen molar-refractivity contribution >= 4 is 65.9 Å². The van der Waals surface area contributed by atoms with Crippen molar-refractivity contribution in [2.45, 2.75) is 0 Å². The van der Waals surface area contributed by atoms with Crippen LogP contribution in [0.15, 0.2) is 177 Å². The van der Waals surface area contributed by atoms with E-state index in [1.807, 2.05) is 140 Å². The van der Waals surface area contributed by atoms with Crippen molar-refractivity contribution in [3.8, 4) is 56.8 Å². The van der Waals surface area contributed by atoms with Gasteiger partial charge in [0.1, 0.15) is 39.1 Å². The van der Waals surface area contributed by atoms with E-state index >= 15 is 0 Å². The second-order valence-electron chi connectivity index (χ2n) is 14.0. The summed E-state index contributed by atoms with van der Waals surface area (Å²) in [6.45, 7) is 0. The minimum absolute atomic E-state index is 0.555. The Balaban J connectivity index is 0.984. The molecule has 5 heterocycles. The van der Waals surface area contributed by atoms with Gasteiger partial charge in [0.05, 0.1) is 0 Å². The molecule has 12 aromatic rings. The highest BCUT2D eigenvalue weighted by Gasteiger charge is 2.20. The van der Waals surface area contributed by atoms with Crippen LogP contribution in [0.2, 0.25) is 0 Å². The number of aromatic nitrogens is 5. The molecule has 0 aliphatic rings. The fourth-order valence-electron chi connectivity index (χ4n) is 7.78. The largest absolute Gasteiger partial charge is 0.456 e. The van der Waals surface area contributed by atoms with Crippen molar-refractivity contribution in [2.24, 2.45) is 0 Å². The minimum atomic E-state index is 0.555. The molecule has 0 aliphatic heterocycles. The second kappa shape index (κ2) is 12.3. The van der Waals surface area contributed by atoms with Gasteiger partial charge in [-0.25, -0.2) is 24.9 Å². The van der Waals surface area contributed by atoms with Crippen LogP contribution in [0.4, 0.5) is 0 Å². The number of benzene rings is 7. The molecule has 0 N–H and O–H groups in total. The number of nitrogens with zero attached hydrogens (tertiary/aromatic N) is 5. The fraction of sp³-hybridized carbons (Fsp3) is 0. The third-order valence-electron chi connectivity index (χ3n) is 10.6. The number of hydrogen-bond donors (Lipinski definition) is 0. The summed E-state index contributed by atoms with van der Waals surface area (Å²) in [6, 6.07) is 54.4. The predicted octanol–water partition coefficient (Wildman–Crippen LogP) is 12.7. The maximum atomic E-state index is 6.48. The lowest BCUT2D eigenvalue weighted by atomic mass is 10.1. The number of para-hydroxylation sites is 2. The van der Waals surface area contributed by atoms with Gasteiger partial charge in [0.2, 0.25) is 0 Å². The lowest BCUT2D eigenvalue weighted by Crippen LogP contribution is -2.00. The quantitative estimate of drug-likeness (QED) is 0.172. The van der Waals surface area contributed by atoms with E-state index < -0.39 is 0 Å². The van der Waals surface area contributed by atoms with Crippen LogP contribution in [0.1, 0.15) is 0 Å². The van der Waals surface area contributed by atoms with Gasteiger partial charge in [0, 0.05) is 54.7 Å². The van der Waals surface area contributed by atoms with E-state index in [-0.39, 0.29) is 0 Å². The average Bonchev–Trinajstić information content (AvgIpc) is 3.97. The lowest BCUT2D eigenvalue weighted by molar-refractivity contribution is 0.667. The van der Waals surface area contributed by atoms with Gasteiger partial charge in [0.25, 0.3) is 0 Å². The summed E-state index contributed by atoms with van der Waals surface area (Å²) in [5, 5.41) is 4.97. The Bertz CT molecular complexity index is 3530. The molecule has 5 aromatic heterocycles. The van der Waals surface area contributed by atoms with E-state index in [9.17, 15) is 0 Å². The summed E-state index contributed by atoms with van der Waals surface area (Å²) in [7, 11) is 0. The molecule has 7 aromatic carbocycles. The summed E-state index contributed by atoms with van der Waals surface area (Å²) in [5.74, 6) is 2.28. The third-order valence-corrected chi connectivity index (χ3v) is 10.6. The molecule has 0 fully saturated rings. The van der Waals surface area contributed by atoms with Gasteiger partial charge in [-0.2, -0.15) is 0 Å². The van der Waals surface area contributed by atoms with Crippen molar-refractivity contribution in [1.82, 2.24) is 24.9 Å². The molecule has 0 atom stereocenters. The molecular weight excluding hydrogens is 707 g/mol. The first-order chi connectivity index (χ1) is 28.2. The van der Waals surface area contributed by atoms with Crippen LogP contribution in [0.3, 0.4) is 0 Å². The Morgan fingerprint density at radius 2 is 0.754 bits per heavy atom. The van der Waals surface area contributed by atoms with Crippen molar-refractivity contribution in [2.75, 3.05) is 0 Å². The molecule has 0 saturated carbocycles. The average molecular weight is 734 g/mol. The van der Waals surface area contributed by atoms with Crippen LogP contribution < -0.4 is 0 Å². The smallest absolute Gasteiger partial charge is 0.180 e. The van der Waals surface area contributed by atoms with Crippen molar-refractivity contribution in [3.05, 3.63) is 164 Å². The zero-order valence-electron chi connectivity index (χ0n) is 30.0. The zero-order chi connectivity index (χ0) is 37.5. The van der Waals surface area contributed by atoms with Gasteiger partial charge >= 0.3 is 0 Å². The summed E-state index contributed by atoms with van der Waals surface area (Å²) < 4.78 is 19.0. The van der Waals surface area contributed by atoms with Crippen LogP contribution in [0.5, 0.6) is 0 Å². The molecule has 0 spiro atoms. The number of rotatable bonds is 5. The van der Waals surface area contributed by atoms with E-state index in [4.69, 9.17) is 38.2 Å². The number of fused-ring (bicyclic) bond motifs is 9. The monoisotopic (exact) mass is 733 g/mol. The Kier molecular flexibility index (Phi) is 6.76. The van der Waals surface area contributed by atoms with Crippen molar-refractivity contribution in [3.63, 3.8) is 0 Å². The first-order valence-electron chi connectivity index (χ1n) is 18.7. The molecule has 8 nitrogen and oxygen atoms in total. The highest BCUT2D eigenvalue weighted by atomic mass is 16.3. The SMILES string of the molecule is c1ccc(-c2nc(-c3ccc4c(c3)oc3ccccc34)nc(-c3ccc4oc5cc(-c6nc(-c7ccccc7)c7oc8ccccc8c7n6)ccc5c4c3)n2)cc1. The Labute approximate surface area is 323 Å². The van der Waals surface area contributed by atoms with Gasteiger partial charge in [0.15, 0.2) is 28.9 Å². The van der Waals surface area contributed by atoms with E-state index in [0.29, 0.717) is 28.9 Å². The van der Waals surface area contributed by atoms with Crippen LogP contribution in [0, 0.1) is 0 Å². The molecule has 0 saturated heterocycles. The van der Waals surface area contributed by atoms with Crippen LogP contribution in [-0.2, 0) is 0 Å². The molecule has 0 bridgehead atoms. The van der Waals surface area contributed by atoms with E-state index in [2.05, 4.69) is 24.3 Å². The van der Waals surface area contributed by atoms with Gasteiger partial charge in [-0.3, -0.25) is 0 Å². The molecule has 8 heteroatoms. The van der Waals surface area contributed by atoms with E-state index in [0.717, 1.165) is 93.9 Å². The Hall–Kier alpha value is -7.97. The van der Waals surface area contributed by atoms with Crippen LogP contribution >= 0.6 is 0 Å². The topological polar surface area (TPSA) is 104 Å². The number of furan rings is 3. The standard InChI is InChI=1S/C49H27N5O3/c1-3-11-28(12-4-1)43-45-44(36-16-8-10-18-39(36)57-45)51-47(50-43)31-20-23-35-37-25-30(21-24-40(37)56-42(35)26-31)48-52-46(29-13-5-2-6-14-29)53-49(54-48)32-19-22-34-33-15-7-9-17-38(33)55-41(34)27-32/h1-27H. The van der Waals surface area contributed by atoms with Gasteiger partial charge in [-0.1, -0.05) is 103 Å². The van der Waals surface area contributed by atoms with Crippen LogP contribution in [-0.4, -0.2) is 24.9 Å². The maximum absolute atomic E-state index is 6.48. The summed E-state index contributed by atoms with van der Waals surface area (Å²) >= 11 is 0. The molecule has 57 heavy (non-hydrogen) atoms. The molecule has 0 aliphatic carbocycles. The van der Waals surface area contributed by atoms with Gasteiger partial charge in [-0.05, 0) is 60.7 Å². The molecule has 0 unspecified atom stereocenters. The molecule has 266 valence electrons. The van der Waals surface area contributed by atoms with E-state index in [1.165, 1.54) is 0 Å². The van der Waals surface area contributed by atoms with Crippen molar-refractivity contribution < 1.29 is 13.3 Å². The summed E-state index contributed by atoms with van der Waals surface area (Å²) in [6.07, 6.45) is 0. The number of hydrogen-bond acceptors (Lipinski definition) is 8.